The standard InChI is InChI=1S/C13H16ClN3OS/c1-3-6-15-8-12-16-17-13(19-12)18-10-4-5-11(14)9(2)7-10/h4-5,7,15H,3,6,8H2,1-2H3. The summed E-state index contributed by atoms with van der Waals surface area (Å²) in [5, 5.41) is 13.6. The van der Waals surface area contributed by atoms with Crippen LogP contribution in [0.4, 0.5) is 0 Å². The smallest absolute Gasteiger partial charge is 0.299 e. The van der Waals surface area contributed by atoms with E-state index >= 15 is 0 Å². The van der Waals surface area contributed by atoms with Gasteiger partial charge in [0.05, 0.1) is 0 Å². The predicted octanol–water partition coefficient (Wildman–Crippen LogP) is 3.79. The number of aryl methyl sites for hydroxylation is 1. The highest BCUT2D eigenvalue weighted by Crippen LogP contribution is 2.27. The van der Waals surface area contributed by atoms with Crippen LogP contribution in [0.1, 0.15) is 23.9 Å². The van der Waals surface area contributed by atoms with Crippen molar-refractivity contribution in [2.45, 2.75) is 26.8 Å². The second kappa shape index (κ2) is 6.84. The molecule has 2 rings (SSSR count). The predicted molar refractivity (Wildman–Crippen MR) is 78.2 cm³/mol. The van der Waals surface area contributed by atoms with Gasteiger partial charge in [0.2, 0.25) is 0 Å². The van der Waals surface area contributed by atoms with E-state index < -0.39 is 0 Å². The molecule has 1 N–H and O–H groups in total. The average Bonchev–Trinajstić information content (AvgIpc) is 2.82. The van der Waals surface area contributed by atoms with Crippen molar-refractivity contribution in [1.29, 1.82) is 0 Å². The van der Waals surface area contributed by atoms with E-state index in [1.807, 2.05) is 25.1 Å². The lowest BCUT2D eigenvalue weighted by Crippen LogP contribution is -2.13. The van der Waals surface area contributed by atoms with Gasteiger partial charge < -0.3 is 10.1 Å². The second-order valence-electron chi connectivity index (χ2n) is 4.15. The average molecular weight is 298 g/mol. The van der Waals surface area contributed by atoms with Crippen molar-refractivity contribution in [3.05, 3.63) is 33.8 Å². The molecule has 0 amide bonds. The molecule has 0 aliphatic rings. The molecule has 1 aromatic carbocycles. The zero-order chi connectivity index (χ0) is 13.7. The molecule has 1 aromatic heterocycles. The molecule has 2 aromatic rings. The van der Waals surface area contributed by atoms with Crippen LogP contribution < -0.4 is 10.1 Å². The minimum absolute atomic E-state index is 0.551. The molecule has 6 heteroatoms. The quantitative estimate of drug-likeness (QED) is 0.824. The maximum absolute atomic E-state index is 5.97. The van der Waals surface area contributed by atoms with Crippen molar-refractivity contribution < 1.29 is 4.74 Å². The van der Waals surface area contributed by atoms with Crippen LogP contribution in [0, 0.1) is 6.92 Å². The number of nitrogens with zero attached hydrogens (tertiary/aromatic N) is 2. The zero-order valence-electron chi connectivity index (χ0n) is 10.9. The SMILES string of the molecule is CCCNCc1nnc(Oc2ccc(Cl)c(C)c2)s1. The molecule has 102 valence electrons. The van der Waals surface area contributed by atoms with Gasteiger partial charge in [-0.3, -0.25) is 0 Å². The molecule has 0 saturated heterocycles. The number of rotatable bonds is 6. The minimum Gasteiger partial charge on any atom is -0.430 e. The van der Waals surface area contributed by atoms with E-state index in [1.165, 1.54) is 11.3 Å². The topological polar surface area (TPSA) is 47.0 Å². The van der Waals surface area contributed by atoms with Gasteiger partial charge in [-0.1, -0.05) is 35.0 Å². The Balaban J connectivity index is 1.97. The monoisotopic (exact) mass is 297 g/mol. The van der Waals surface area contributed by atoms with Gasteiger partial charge in [0.1, 0.15) is 10.8 Å². The fraction of sp³-hybridized carbons (Fsp3) is 0.385. The summed E-state index contributed by atoms with van der Waals surface area (Å²) >= 11 is 7.42. The largest absolute Gasteiger partial charge is 0.430 e. The maximum atomic E-state index is 5.97. The number of hydrogen-bond acceptors (Lipinski definition) is 5. The summed E-state index contributed by atoms with van der Waals surface area (Å²) in [4.78, 5) is 0. The van der Waals surface area contributed by atoms with Crippen LogP contribution >= 0.6 is 22.9 Å². The van der Waals surface area contributed by atoms with E-state index in [0.29, 0.717) is 5.19 Å². The Labute approximate surface area is 121 Å². The maximum Gasteiger partial charge on any atom is 0.299 e. The third-order valence-corrected chi connectivity index (χ3v) is 3.71. The summed E-state index contributed by atoms with van der Waals surface area (Å²) in [6.07, 6.45) is 1.10. The molecule has 0 aliphatic heterocycles. The normalized spacial score (nSPS) is 10.7. The fourth-order valence-electron chi connectivity index (χ4n) is 1.50. The molecule has 0 radical (unpaired) electrons. The summed E-state index contributed by atoms with van der Waals surface area (Å²) in [6, 6.07) is 5.53. The van der Waals surface area contributed by atoms with Gasteiger partial charge in [-0.05, 0) is 43.7 Å². The van der Waals surface area contributed by atoms with E-state index in [-0.39, 0.29) is 0 Å². The summed E-state index contributed by atoms with van der Waals surface area (Å²) in [7, 11) is 0. The Morgan fingerprint density at radius 3 is 2.95 bits per heavy atom. The van der Waals surface area contributed by atoms with Gasteiger partial charge in [0.15, 0.2) is 0 Å². The van der Waals surface area contributed by atoms with Gasteiger partial charge in [0.25, 0.3) is 5.19 Å². The molecule has 0 fully saturated rings. The molecule has 4 nitrogen and oxygen atoms in total. The van der Waals surface area contributed by atoms with E-state index in [4.69, 9.17) is 16.3 Å². The number of benzene rings is 1. The van der Waals surface area contributed by atoms with Crippen molar-refractivity contribution in [2.75, 3.05) is 6.54 Å². The lowest BCUT2D eigenvalue weighted by molar-refractivity contribution is 0.472. The Morgan fingerprint density at radius 1 is 1.37 bits per heavy atom. The van der Waals surface area contributed by atoms with Crippen LogP contribution in [-0.2, 0) is 6.54 Å². The summed E-state index contributed by atoms with van der Waals surface area (Å²) in [5.41, 5.74) is 0.980. The number of nitrogens with one attached hydrogen (secondary N) is 1. The van der Waals surface area contributed by atoms with E-state index in [1.54, 1.807) is 0 Å². The minimum atomic E-state index is 0.551. The van der Waals surface area contributed by atoms with Crippen molar-refractivity contribution in [1.82, 2.24) is 15.5 Å². The van der Waals surface area contributed by atoms with Crippen molar-refractivity contribution in [3.8, 4) is 10.9 Å². The van der Waals surface area contributed by atoms with Crippen molar-refractivity contribution >= 4 is 22.9 Å². The van der Waals surface area contributed by atoms with Gasteiger partial charge in [-0.2, -0.15) is 0 Å². The molecular weight excluding hydrogens is 282 g/mol. The fourth-order valence-corrected chi connectivity index (χ4v) is 2.30. The van der Waals surface area contributed by atoms with Crippen LogP contribution in [0.5, 0.6) is 10.9 Å². The molecular formula is C13H16ClN3OS. The molecule has 0 saturated carbocycles. The third-order valence-electron chi connectivity index (χ3n) is 2.49. The van der Waals surface area contributed by atoms with Gasteiger partial charge >= 0.3 is 0 Å². The Kier molecular flexibility index (Phi) is 5.13. The van der Waals surface area contributed by atoms with Gasteiger partial charge in [-0.25, -0.2) is 0 Å². The molecule has 0 aliphatic carbocycles. The lowest BCUT2D eigenvalue weighted by atomic mass is 10.2. The summed E-state index contributed by atoms with van der Waals surface area (Å²) in [5.74, 6) is 0.728. The first-order valence-corrected chi connectivity index (χ1v) is 7.35. The summed E-state index contributed by atoms with van der Waals surface area (Å²) in [6.45, 7) is 5.78. The number of halogens is 1. The Morgan fingerprint density at radius 2 is 2.21 bits per heavy atom. The van der Waals surface area contributed by atoms with E-state index in [9.17, 15) is 0 Å². The van der Waals surface area contributed by atoms with Crippen molar-refractivity contribution in [3.63, 3.8) is 0 Å². The molecule has 1 heterocycles. The number of ether oxygens (including phenoxy) is 1. The highest BCUT2D eigenvalue weighted by molar-refractivity contribution is 7.13. The van der Waals surface area contributed by atoms with E-state index in [0.717, 1.165) is 40.9 Å². The van der Waals surface area contributed by atoms with Crippen LogP contribution in [0.25, 0.3) is 0 Å². The van der Waals surface area contributed by atoms with Gasteiger partial charge in [-0.15, -0.1) is 5.10 Å². The molecule has 19 heavy (non-hydrogen) atoms. The highest BCUT2D eigenvalue weighted by atomic mass is 35.5. The lowest BCUT2D eigenvalue weighted by Gasteiger charge is -2.03. The van der Waals surface area contributed by atoms with Crippen LogP contribution in [0.2, 0.25) is 5.02 Å². The first-order valence-electron chi connectivity index (χ1n) is 6.16. The van der Waals surface area contributed by atoms with E-state index in [2.05, 4.69) is 22.4 Å². The van der Waals surface area contributed by atoms with Gasteiger partial charge in [0, 0.05) is 11.6 Å². The Bertz CT molecular complexity index is 544. The number of hydrogen-bond donors (Lipinski definition) is 1. The first-order chi connectivity index (χ1) is 9.19. The molecule has 0 bridgehead atoms. The third kappa shape index (κ3) is 4.16. The highest BCUT2D eigenvalue weighted by Gasteiger charge is 2.07. The molecule has 0 spiro atoms. The summed E-state index contributed by atoms with van der Waals surface area (Å²) < 4.78 is 5.66. The Hall–Kier alpha value is -1.17. The molecule has 0 unspecified atom stereocenters. The van der Waals surface area contributed by atoms with Crippen LogP contribution in [-0.4, -0.2) is 16.7 Å². The molecule has 0 atom stereocenters. The van der Waals surface area contributed by atoms with Crippen LogP contribution in [0.15, 0.2) is 18.2 Å². The second-order valence-corrected chi connectivity index (χ2v) is 5.58. The van der Waals surface area contributed by atoms with Crippen molar-refractivity contribution in [2.24, 2.45) is 0 Å². The first kappa shape index (κ1) is 14.2. The number of aromatic nitrogens is 2. The van der Waals surface area contributed by atoms with Crippen LogP contribution in [0.3, 0.4) is 0 Å². The zero-order valence-corrected chi connectivity index (χ0v) is 12.5.